The van der Waals surface area contributed by atoms with Crippen LogP contribution in [0.5, 0.6) is 5.75 Å². The highest BCUT2D eigenvalue weighted by atomic mass is 32.2. The van der Waals surface area contributed by atoms with Gasteiger partial charge in [0.15, 0.2) is 5.82 Å². The van der Waals surface area contributed by atoms with Crippen molar-refractivity contribution in [2.75, 3.05) is 6.26 Å². The van der Waals surface area contributed by atoms with Crippen molar-refractivity contribution >= 4 is 19.1 Å². The second kappa shape index (κ2) is 4.50. The second-order valence-corrected chi connectivity index (χ2v) is 3.12. The van der Waals surface area contributed by atoms with Crippen LogP contribution in [-0.2, 0) is 0 Å². The maximum Gasteiger partial charge on any atom is 0.707 e. The molecule has 0 saturated heterocycles. The van der Waals surface area contributed by atoms with E-state index in [1.54, 1.807) is 6.07 Å². The Morgan fingerprint density at radius 1 is 1.46 bits per heavy atom. The van der Waals surface area contributed by atoms with Crippen molar-refractivity contribution in [2.24, 2.45) is 0 Å². The minimum absolute atomic E-state index is 0.173. The third-order valence-electron chi connectivity index (χ3n) is 1.37. The predicted molar refractivity (Wildman–Crippen MR) is 49.0 cm³/mol. The third kappa shape index (κ3) is 2.91. The maximum absolute atomic E-state index is 13.0. The van der Waals surface area contributed by atoms with Crippen LogP contribution < -0.4 is 4.65 Å². The molecule has 0 amide bonds. The molecule has 1 aromatic rings. The first-order valence-electron chi connectivity index (χ1n) is 3.50. The zero-order valence-corrected chi connectivity index (χ0v) is 7.71. The maximum atomic E-state index is 13.0. The van der Waals surface area contributed by atoms with Crippen molar-refractivity contribution in [1.29, 1.82) is 0 Å². The molecule has 0 saturated carbocycles. The van der Waals surface area contributed by atoms with Gasteiger partial charge in [0, 0.05) is 4.90 Å². The lowest BCUT2D eigenvalue weighted by Crippen LogP contribution is -2.21. The van der Waals surface area contributed by atoms with Crippen LogP contribution in [-0.4, -0.2) is 23.6 Å². The van der Waals surface area contributed by atoms with Crippen molar-refractivity contribution in [3.63, 3.8) is 0 Å². The van der Waals surface area contributed by atoms with Gasteiger partial charge in [0.05, 0.1) is 0 Å². The van der Waals surface area contributed by atoms with Crippen LogP contribution in [0.3, 0.4) is 0 Å². The van der Waals surface area contributed by atoms with E-state index in [1.807, 2.05) is 6.26 Å². The summed E-state index contributed by atoms with van der Waals surface area (Å²) in [5.41, 5.74) is 0. The first-order valence-corrected chi connectivity index (χ1v) is 4.72. The summed E-state index contributed by atoms with van der Waals surface area (Å²) in [6.07, 6.45) is 1.82. The number of thioether (sulfide) groups is 1. The van der Waals surface area contributed by atoms with Gasteiger partial charge in [-0.25, -0.2) is 4.39 Å². The van der Waals surface area contributed by atoms with E-state index in [0.29, 0.717) is 0 Å². The summed E-state index contributed by atoms with van der Waals surface area (Å²) < 4.78 is 17.4. The van der Waals surface area contributed by atoms with Gasteiger partial charge in [-0.3, -0.25) is 0 Å². The van der Waals surface area contributed by atoms with Gasteiger partial charge in [0.2, 0.25) is 0 Å². The molecule has 3 nitrogen and oxygen atoms in total. The van der Waals surface area contributed by atoms with Crippen molar-refractivity contribution in [3.05, 3.63) is 24.0 Å². The summed E-state index contributed by atoms with van der Waals surface area (Å²) in [4.78, 5) is 0.747. The average molecular weight is 202 g/mol. The lowest BCUT2D eigenvalue weighted by atomic mass is 10.2. The Labute approximate surface area is 79.7 Å². The van der Waals surface area contributed by atoms with E-state index in [4.69, 9.17) is 10.0 Å². The van der Waals surface area contributed by atoms with E-state index >= 15 is 0 Å². The van der Waals surface area contributed by atoms with Crippen molar-refractivity contribution in [2.45, 2.75) is 4.90 Å². The fraction of sp³-hybridized carbons (Fsp3) is 0.143. The lowest BCUT2D eigenvalue weighted by molar-refractivity contribution is 0.281. The fourth-order valence-corrected chi connectivity index (χ4v) is 1.24. The fourth-order valence-electron chi connectivity index (χ4n) is 0.818. The molecule has 70 valence electrons. The molecular weight excluding hydrogens is 194 g/mol. The number of benzene rings is 1. The van der Waals surface area contributed by atoms with Crippen LogP contribution in [0.15, 0.2) is 23.1 Å². The highest BCUT2D eigenvalue weighted by molar-refractivity contribution is 7.98. The first kappa shape index (κ1) is 10.4. The van der Waals surface area contributed by atoms with E-state index in [2.05, 4.69) is 4.65 Å². The van der Waals surface area contributed by atoms with Crippen LogP contribution in [0.1, 0.15) is 0 Å². The van der Waals surface area contributed by atoms with Crippen molar-refractivity contribution in [3.8, 4) is 5.75 Å². The van der Waals surface area contributed by atoms with E-state index in [1.165, 1.54) is 23.9 Å². The third-order valence-corrected chi connectivity index (χ3v) is 2.10. The summed E-state index contributed by atoms with van der Waals surface area (Å²) in [6, 6.07) is 4.24. The molecule has 0 unspecified atom stereocenters. The van der Waals surface area contributed by atoms with E-state index in [0.717, 1.165) is 4.90 Å². The Hall–Kier alpha value is -0.715. The Morgan fingerprint density at radius 3 is 2.62 bits per heavy atom. The van der Waals surface area contributed by atoms with E-state index in [-0.39, 0.29) is 5.75 Å². The molecule has 6 heteroatoms. The molecule has 13 heavy (non-hydrogen) atoms. The van der Waals surface area contributed by atoms with Crippen molar-refractivity contribution < 1.29 is 19.1 Å². The van der Waals surface area contributed by atoms with Crippen LogP contribution >= 0.6 is 11.8 Å². The number of rotatable bonds is 3. The van der Waals surface area contributed by atoms with E-state index in [9.17, 15) is 4.39 Å². The SMILES string of the molecule is CSc1ccc(OB(O)O)c(F)c1. The van der Waals surface area contributed by atoms with Gasteiger partial charge in [0.25, 0.3) is 0 Å². The topological polar surface area (TPSA) is 49.7 Å². The normalized spacial score (nSPS) is 9.85. The molecule has 0 aliphatic carbocycles. The van der Waals surface area contributed by atoms with Gasteiger partial charge >= 0.3 is 7.32 Å². The minimum atomic E-state index is -1.99. The molecule has 0 radical (unpaired) electrons. The van der Waals surface area contributed by atoms with Crippen LogP contribution in [0.25, 0.3) is 0 Å². The molecule has 0 fully saturated rings. The number of hydrogen-bond donors (Lipinski definition) is 2. The molecule has 2 N–H and O–H groups in total. The number of hydrogen-bond acceptors (Lipinski definition) is 4. The van der Waals surface area contributed by atoms with Gasteiger partial charge in [-0.15, -0.1) is 11.8 Å². The highest BCUT2D eigenvalue weighted by Gasteiger charge is 2.14. The monoisotopic (exact) mass is 202 g/mol. The second-order valence-electron chi connectivity index (χ2n) is 2.24. The molecule has 1 rings (SSSR count). The van der Waals surface area contributed by atoms with Crippen LogP contribution in [0.2, 0.25) is 0 Å². The van der Waals surface area contributed by atoms with Gasteiger partial charge in [-0.1, -0.05) is 0 Å². The summed E-state index contributed by atoms with van der Waals surface area (Å²) in [5.74, 6) is -0.784. The molecular formula is C7H8BFO3S. The molecule has 1 aromatic carbocycles. The summed E-state index contributed by atoms with van der Waals surface area (Å²) in [5, 5.41) is 16.8. The smallest absolute Gasteiger partial charge is 0.510 e. The minimum Gasteiger partial charge on any atom is -0.510 e. The highest BCUT2D eigenvalue weighted by Crippen LogP contribution is 2.23. The molecule has 0 spiro atoms. The zero-order valence-electron chi connectivity index (χ0n) is 6.90. The van der Waals surface area contributed by atoms with Crippen LogP contribution in [0, 0.1) is 5.82 Å². The Kier molecular flexibility index (Phi) is 3.59. The lowest BCUT2D eigenvalue weighted by Gasteiger charge is -2.06. The summed E-state index contributed by atoms with van der Waals surface area (Å²) >= 11 is 1.39. The van der Waals surface area contributed by atoms with Gasteiger partial charge in [-0.2, -0.15) is 0 Å². The Bertz CT molecular complexity index is 295. The van der Waals surface area contributed by atoms with Crippen molar-refractivity contribution in [1.82, 2.24) is 0 Å². The Morgan fingerprint density at radius 2 is 2.15 bits per heavy atom. The van der Waals surface area contributed by atoms with Gasteiger partial charge in [0.1, 0.15) is 5.75 Å². The average Bonchev–Trinajstić information content (AvgIpc) is 2.08. The summed E-state index contributed by atoms with van der Waals surface area (Å²) in [7, 11) is -1.99. The number of halogens is 1. The standard InChI is InChI=1S/C7H8BFO3S/c1-13-5-2-3-7(6(9)4-5)12-8(10)11/h2-4,10-11H,1H3. The molecule has 0 aromatic heterocycles. The quantitative estimate of drug-likeness (QED) is 0.564. The molecule has 0 heterocycles. The molecule has 0 aliphatic heterocycles. The van der Waals surface area contributed by atoms with Gasteiger partial charge in [-0.05, 0) is 24.5 Å². The molecule has 0 aliphatic rings. The van der Waals surface area contributed by atoms with Gasteiger partial charge < -0.3 is 14.7 Å². The largest absolute Gasteiger partial charge is 0.707 e. The molecule has 0 atom stereocenters. The first-order chi connectivity index (χ1) is 6.13. The Balaban J connectivity index is 2.85. The molecule has 0 bridgehead atoms. The zero-order chi connectivity index (χ0) is 9.84. The predicted octanol–water partition coefficient (Wildman–Crippen LogP) is 0.896. The summed E-state index contributed by atoms with van der Waals surface area (Å²) in [6.45, 7) is 0. The van der Waals surface area contributed by atoms with E-state index < -0.39 is 13.1 Å². The van der Waals surface area contributed by atoms with Crippen LogP contribution in [0.4, 0.5) is 4.39 Å².